The highest BCUT2D eigenvalue weighted by atomic mass is 16.2. The molecule has 0 saturated heterocycles. The minimum absolute atomic E-state index is 0.140. The predicted molar refractivity (Wildman–Crippen MR) is 80.8 cm³/mol. The zero-order chi connectivity index (χ0) is 14.7. The van der Waals surface area contributed by atoms with E-state index >= 15 is 0 Å². The SMILES string of the molecule is Cn1ccnc1[C@@H](NC(=O)NCC1CC1)c1ccccc1. The van der Waals surface area contributed by atoms with Crippen LogP contribution >= 0.6 is 0 Å². The molecule has 0 aliphatic heterocycles. The second-order valence-electron chi connectivity index (χ2n) is 5.54. The number of rotatable bonds is 5. The van der Waals surface area contributed by atoms with Gasteiger partial charge in [-0.05, 0) is 24.3 Å². The number of benzene rings is 1. The van der Waals surface area contributed by atoms with Gasteiger partial charge in [-0.2, -0.15) is 0 Å². The summed E-state index contributed by atoms with van der Waals surface area (Å²) < 4.78 is 1.93. The Balaban J connectivity index is 1.75. The van der Waals surface area contributed by atoms with Crippen molar-refractivity contribution in [2.45, 2.75) is 18.9 Å². The summed E-state index contributed by atoms with van der Waals surface area (Å²) in [6.45, 7) is 0.758. The molecular weight excluding hydrogens is 264 g/mol. The lowest BCUT2D eigenvalue weighted by molar-refractivity contribution is 0.237. The zero-order valence-electron chi connectivity index (χ0n) is 12.1. The standard InChI is InChI=1S/C16H20N4O/c1-20-10-9-17-15(20)14(13-5-3-2-4-6-13)19-16(21)18-11-12-7-8-12/h2-6,9-10,12,14H,7-8,11H2,1H3,(H2,18,19,21)/t14-/m0/s1. The maximum atomic E-state index is 12.1. The molecule has 1 heterocycles. The number of amides is 2. The summed E-state index contributed by atoms with van der Waals surface area (Å²) in [5, 5.41) is 5.97. The lowest BCUT2D eigenvalue weighted by Crippen LogP contribution is -2.40. The smallest absolute Gasteiger partial charge is 0.315 e. The second-order valence-corrected chi connectivity index (χ2v) is 5.54. The molecule has 2 amide bonds. The fraction of sp³-hybridized carbons (Fsp3) is 0.375. The van der Waals surface area contributed by atoms with Crippen LogP contribution in [-0.4, -0.2) is 22.1 Å². The van der Waals surface area contributed by atoms with E-state index in [-0.39, 0.29) is 12.1 Å². The molecule has 1 aliphatic rings. The first kappa shape index (κ1) is 13.7. The van der Waals surface area contributed by atoms with Crippen molar-refractivity contribution in [1.29, 1.82) is 0 Å². The Morgan fingerprint density at radius 3 is 2.76 bits per heavy atom. The first-order valence-electron chi connectivity index (χ1n) is 7.30. The van der Waals surface area contributed by atoms with E-state index < -0.39 is 0 Å². The van der Waals surface area contributed by atoms with Crippen LogP contribution in [-0.2, 0) is 7.05 Å². The second kappa shape index (κ2) is 5.99. The van der Waals surface area contributed by atoms with E-state index in [4.69, 9.17) is 0 Å². The molecule has 1 aromatic heterocycles. The monoisotopic (exact) mass is 284 g/mol. The van der Waals surface area contributed by atoms with Crippen molar-refractivity contribution in [2.75, 3.05) is 6.54 Å². The van der Waals surface area contributed by atoms with E-state index in [0.29, 0.717) is 5.92 Å². The molecule has 5 nitrogen and oxygen atoms in total. The molecule has 21 heavy (non-hydrogen) atoms. The van der Waals surface area contributed by atoms with Crippen molar-refractivity contribution < 1.29 is 4.79 Å². The zero-order valence-corrected chi connectivity index (χ0v) is 12.1. The minimum Gasteiger partial charge on any atom is -0.338 e. The number of nitrogens with one attached hydrogen (secondary N) is 2. The van der Waals surface area contributed by atoms with E-state index in [1.807, 2.05) is 48.1 Å². The van der Waals surface area contributed by atoms with Crippen LogP contribution < -0.4 is 10.6 Å². The van der Waals surface area contributed by atoms with Crippen LogP contribution in [0.5, 0.6) is 0 Å². The number of nitrogens with zero attached hydrogens (tertiary/aromatic N) is 2. The van der Waals surface area contributed by atoms with Gasteiger partial charge in [-0.3, -0.25) is 0 Å². The van der Waals surface area contributed by atoms with Crippen LogP contribution in [0.2, 0.25) is 0 Å². The van der Waals surface area contributed by atoms with Crippen LogP contribution in [0.15, 0.2) is 42.7 Å². The van der Waals surface area contributed by atoms with Gasteiger partial charge in [-0.1, -0.05) is 30.3 Å². The first-order valence-corrected chi connectivity index (χ1v) is 7.30. The van der Waals surface area contributed by atoms with Crippen molar-refractivity contribution in [3.05, 3.63) is 54.1 Å². The van der Waals surface area contributed by atoms with Gasteiger partial charge in [-0.25, -0.2) is 9.78 Å². The van der Waals surface area contributed by atoms with Gasteiger partial charge in [0, 0.05) is 26.0 Å². The minimum atomic E-state index is -0.245. The summed E-state index contributed by atoms with van der Waals surface area (Å²) in [5.41, 5.74) is 1.02. The Morgan fingerprint density at radius 2 is 2.14 bits per heavy atom. The summed E-state index contributed by atoms with van der Waals surface area (Å²) in [5.74, 6) is 1.49. The number of carbonyl (C=O) groups excluding carboxylic acids is 1. The number of aromatic nitrogens is 2. The van der Waals surface area contributed by atoms with Gasteiger partial charge in [0.05, 0.1) is 0 Å². The highest BCUT2D eigenvalue weighted by Gasteiger charge is 2.24. The summed E-state index contributed by atoms with van der Waals surface area (Å²) >= 11 is 0. The van der Waals surface area contributed by atoms with Crippen LogP contribution in [0, 0.1) is 5.92 Å². The van der Waals surface area contributed by atoms with Crippen LogP contribution in [0.1, 0.15) is 30.3 Å². The van der Waals surface area contributed by atoms with Crippen LogP contribution in [0.25, 0.3) is 0 Å². The van der Waals surface area contributed by atoms with E-state index in [1.165, 1.54) is 12.8 Å². The highest BCUT2D eigenvalue weighted by molar-refractivity contribution is 5.74. The summed E-state index contributed by atoms with van der Waals surface area (Å²) in [4.78, 5) is 16.5. The summed E-state index contributed by atoms with van der Waals surface area (Å²) in [6, 6.07) is 9.52. The Morgan fingerprint density at radius 1 is 1.38 bits per heavy atom. The Labute approximate surface area is 124 Å². The fourth-order valence-corrected chi connectivity index (χ4v) is 2.34. The third kappa shape index (κ3) is 3.42. The average Bonchev–Trinajstić information content (AvgIpc) is 3.24. The van der Waals surface area contributed by atoms with E-state index in [1.54, 1.807) is 6.20 Å². The molecular formula is C16H20N4O. The lowest BCUT2D eigenvalue weighted by Gasteiger charge is -2.19. The molecule has 0 bridgehead atoms. The van der Waals surface area contributed by atoms with Gasteiger partial charge in [0.15, 0.2) is 0 Å². The van der Waals surface area contributed by atoms with E-state index in [0.717, 1.165) is 17.9 Å². The number of imidazole rings is 1. The molecule has 3 rings (SSSR count). The molecule has 1 fully saturated rings. The van der Waals surface area contributed by atoms with Gasteiger partial charge in [-0.15, -0.1) is 0 Å². The largest absolute Gasteiger partial charge is 0.338 e. The van der Waals surface area contributed by atoms with Gasteiger partial charge in [0.1, 0.15) is 11.9 Å². The Bertz CT molecular complexity index is 604. The van der Waals surface area contributed by atoms with Crippen LogP contribution in [0.4, 0.5) is 4.79 Å². The van der Waals surface area contributed by atoms with Crippen LogP contribution in [0.3, 0.4) is 0 Å². The maximum Gasteiger partial charge on any atom is 0.315 e. The highest BCUT2D eigenvalue weighted by Crippen LogP contribution is 2.27. The van der Waals surface area contributed by atoms with Crippen molar-refractivity contribution in [3.8, 4) is 0 Å². The molecule has 5 heteroatoms. The molecule has 2 aromatic rings. The van der Waals surface area contributed by atoms with Crippen molar-refractivity contribution in [1.82, 2.24) is 20.2 Å². The van der Waals surface area contributed by atoms with Gasteiger partial charge < -0.3 is 15.2 Å². The molecule has 1 atom stereocenters. The normalized spacial score (nSPS) is 15.5. The van der Waals surface area contributed by atoms with E-state index in [9.17, 15) is 4.79 Å². The molecule has 2 N–H and O–H groups in total. The third-order valence-electron chi connectivity index (χ3n) is 3.77. The number of urea groups is 1. The first-order chi connectivity index (χ1) is 10.2. The van der Waals surface area contributed by atoms with Crippen molar-refractivity contribution >= 4 is 6.03 Å². The average molecular weight is 284 g/mol. The topological polar surface area (TPSA) is 59.0 Å². The Kier molecular flexibility index (Phi) is 3.90. The summed E-state index contributed by atoms with van der Waals surface area (Å²) in [6.07, 6.45) is 6.08. The van der Waals surface area contributed by atoms with Gasteiger partial charge in [0.25, 0.3) is 0 Å². The molecule has 0 spiro atoms. The van der Waals surface area contributed by atoms with E-state index in [2.05, 4.69) is 15.6 Å². The third-order valence-corrected chi connectivity index (χ3v) is 3.77. The lowest BCUT2D eigenvalue weighted by atomic mass is 10.1. The number of carbonyl (C=O) groups is 1. The van der Waals surface area contributed by atoms with Crippen molar-refractivity contribution in [3.63, 3.8) is 0 Å². The number of aryl methyl sites for hydroxylation is 1. The Hall–Kier alpha value is -2.30. The molecule has 110 valence electrons. The quantitative estimate of drug-likeness (QED) is 0.884. The van der Waals surface area contributed by atoms with Crippen molar-refractivity contribution in [2.24, 2.45) is 13.0 Å². The summed E-state index contributed by atoms with van der Waals surface area (Å²) in [7, 11) is 1.93. The maximum absolute atomic E-state index is 12.1. The molecule has 0 unspecified atom stereocenters. The number of hydrogen-bond donors (Lipinski definition) is 2. The predicted octanol–water partition coefficient (Wildman–Crippen LogP) is 2.22. The van der Waals surface area contributed by atoms with Gasteiger partial charge >= 0.3 is 6.03 Å². The molecule has 0 radical (unpaired) electrons. The fourth-order valence-electron chi connectivity index (χ4n) is 2.34. The molecule has 1 saturated carbocycles. The van der Waals surface area contributed by atoms with Gasteiger partial charge in [0.2, 0.25) is 0 Å². The number of hydrogen-bond acceptors (Lipinski definition) is 2. The molecule has 1 aliphatic carbocycles. The molecule has 1 aromatic carbocycles.